The average molecular weight is 478 g/mol. The van der Waals surface area contributed by atoms with Crippen LogP contribution < -0.4 is 10.6 Å². The standard InChI is InChI=1S/C19H34N4O2.HI/c1-6-20-17(23-13-19(5)10-8-7-9-14(19)24)22-12-16-21-11-15(25-16)18(2,3)4;/h11,14,24H,6-10,12-13H2,1-5H3,(H2,20,22,23);1H. The van der Waals surface area contributed by atoms with E-state index in [-0.39, 0.29) is 40.9 Å². The summed E-state index contributed by atoms with van der Waals surface area (Å²) in [5.74, 6) is 2.22. The minimum atomic E-state index is -0.252. The molecular formula is C19H35IN4O2. The van der Waals surface area contributed by atoms with Crippen molar-refractivity contribution in [2.24, 2.45) is 10.4 Å². The van der Waals surface area contributed by atoms with Crippen LogP contribution in [0.15, 0.2) is 15.6 Å². The number of aliphatic hydroxyl groups excluding tert-OH is 1. The maximum atomic E-state index is 10.3. The molecule has 2 atom stereocenters. The Bertz CT molecular complexity index is 582. The number of halogens is 1. The lowest BCUT2D eigenvalue weighted by Crippen LogP contribution is -2.48. The molecule has 1 fully saturated rings. The highest BCUT2D eigenvalue weighted by Gasteiger charge is 2.35. The van der Waals surface area contributed by atoms with Crippen molar-refractivity contribution in [3.05, 3.63) is 17.8 Å². The largest absolute Gasteiger partial charge is 0.443 e. The molecule has 0 saturated heterocycles. The third-order valence-corrected chi connectivity index (χ3v) is 4.95. The van der Waals surface area contributed by atoms with E-state index in [9.17, 15) is 5.11 Å². The van der Waals surface area contributed by atoms with Crippen LogP contribution in [0.1, 0.15) is 72.0 Å². The Labute approximate surface area is 174 Å². The molecule has 0 amide bonds. The second-order valence-corrected chi connectivity index (χ2v) is 8.33. The summed E-state index contributed by atoms with van der Waals surface area (Å²) in [5.41, 5.74) is -0.153. The summed E-state index contributed by atoms with van der Waals surface area (Å²) in [6, 6.07) is 0. The lowest BCUT2D eigenvalue weighted by Gasteiger charge is -2.38. The molecule has 3 N–H and O–H groups in total. The molecule has 150 valence electrons. The summed E-state index contributed by atoms with van der Waals surface area (Å²) in [7, 11) is 0. The SMILES string of the molecule is CCNC(=NCc1ncc(C(C)(C)C)o1)NCC1(C)CCCCC1O.I. The van der Waals surface area contributed by atoms with Crippen LogP contribution in [0.4, 0.5) is 0 Å². The van der Waals surface area contributed by atoms with E-state index in [0.29, 0.717) is 19.0 Å². The molecule has 2 unspecified atom stereocenters. The van der Waals surface area contributed by atoms with Gasteiger partial charge < -0.3 is 20.2 Å². The number of aliphatic hydroxyl groups is 1. The number of guanidine groups is 1. The van der Waals surface area contributed by atoms with E-state index in [4.69, 9.17) is 4.42 Å². The number of hydrogen-bond donors (Lipinski definition) is 3. The highest BCUT2D eigenvalue weighted by molar-refractivity contribution is 14.0. The van der Waals surface area contributed by atoms with Gasteiger partial charge in [0.2, 0.25) is 5.89 Å². The third kappa shape index (κ3) is 6.40. The molecule has 1 aliphatic rings. The number of rotatable bonds is 5. The van der Waals surface area contributed by atoms with E-state index in [1.54, 1.807) is 6.20 Å². The van der Waals surface area contributed by atoms with E-state index >= 15 is 0 Å². The van der Waals surface area contributed by atoms with Crippen molar-refractivity contribution < 1.29 is 9.52 Å². The molecule has 0 aliphatic heterocycles. The average Bonchev–Trinajstić information content (AvgIpc) is 3.02. The van der Waals surface area contributed by atoms with Crippen LogP contribution in [0.3, 0.4) is 0 Å². The van der Waals surface area contributed by atoms with E-state index < -0.39 is 0 Å². The smallest absolute Gasteiger partial charge is 0.216 e. The molecule has 6 nitrogen and oxygen atoms in total. The van der Waals surface area contributed by atoms with Crippen molar-refractivity contribution >= 4 is 29.9 Å². The first-order valence-corrected chi connectivity index (χ1v) is 9.40. The van der Waals surface area contributed by atoms with Crippen LogP contribution in [0, 0.1) is 5.41 Å². The fourth-order valence-electron chi connectivity index (χ4n) is 3.09. The lowest BCUT2D eigenvalue weighted by molar-refractivity contribution is 0.00397. The van der Waals surface area contributed by atoms with Crippen LogP contribution in [0.2, 0.25) is 0 Å². The van der Waals surface area contributed by atoms with Crippen molar-refractivity contribution in [2.75, 3.05) is 13.1 Å². The van der Waals surface area contributed by atoms with Crippen molar-refractivity contribution in [2.45, 2.75) is 78.4 Å². The zero-order valence-electron chi connectivity index (χ0n) is 16.8. The molecule has 1 aromatic heterocycles. The molecule has 1 heterocycles. The van der Waals surface area contributed by atoms with Crippen LogP contribution in [0.25, 0.3) is 0 Å². The van der Waals surface area contributed by atoms with Gasteiger partial charge in [-0.1, -0.05) is 40.5 Å². The Morgan fingerprint density at radius 1 is 1.38 bits per heavy atom. The van der Waals surface area contributed by atoms with E-state index in [0.717, 1.165) is 37.5 Å². The fraction of sp³-hybridized carbons (Fsp3) is 0.789. The number of nitrogens with one attached hydrogen (secondary N) is 2. The van der Waals surface area contributed by atoms with E-state index in [1.165, 1.54) is 6.42 Å². The molecule has 1 aromatic rings. The van der Waals surface area contributed by atoms with Crippen LogP contribution in [0.5, 0.6) is 0 Å². The minimum Gasteiger partial charge on any atom is -0.443 e. The Morgan fingerprint density at radius 3 is 2.69 bits per heavy atom. The highest BCUT2D eigenvalue weighted by Crippen LogP contribution is 2.35. The summed E-state index contributed by atoms with van der Waals surface area (Å²) in [6.45, 7) is 12.4. The van der Waals surface area contributed by atoms with Gasteiger partial charge in [-0.3, -0.25) is 0 Å². The Hall–Kier alpha value is -0.830. The van der Waals surface area contributed by atoms with Gasteiger partial charge in [0.05, 0.1) is 12.3 Å². The summed E-state index contributed by atoms with van der Waals surface area (Å²) in [5, 5.41) is 17.0. The molecule has 1 saturated carbocycles. The zero-order chi connectivity index (χ0) is 18.5. The number of hydrogen-bond acceptors (Lipinski definition) is 4. The van der Waals surface area contributed by atoms with E-state index in [2.05, 4.69) is 48.3 Å². The van der Waals surface area contributed by atoms with Gasteiger partial charge >= 0.3 is 0 Å². The Morgan fingerprint density at radius 2 is 2.12 bits per heavy atom. The van der Waals surface area contributed by atoms with Crippen LogP contribution >= 0.6 is 24.0 Å². The van der Waals surface area contributed by atoms with Gasteiger partial charge in [0.25, 0.3) is 0 Å². The molecular weight excluding hydrogens is 443 g/mol. The minimum absolute atomic E-state index is 0. The first kappa shape index (κ1) is 23.2. The van der Waals surface area contributed by atoms with Crippen LogP contribution in [-0.4, -0.2) is 35.2 Å². The quantitative estimate of drug-likeness (QED) is 0.343. The van der Waals surface area contributed by atoms with Gasteiger partial charge in [-0.2, -0.15) is 0 Å². The molecule has 0 spiro atoms. The predicted octanol–water partition coefficient (Wildman–Crippen LogP) is 3.59. The van der Waals surface area contributed by atoms with Crippen molar-refractivity contribution in [3.8, 4) is 0 Å². The highest BCUT2D eigenvalue weighted by atomic mass is 127. The van der Waals surface area contributed by atoms with Crippen molar-refractivity contribution in [1.82, 2.24) is 15.6 Å². The Balaban J connectivity index is 0.00000338. The first-order chi connectivity index (χ1) is 11.7. The van der Waals surface area contributed by atoms with Gasteiger partial charge in [-0.15, -0.1) is 24.0 Å². The summed E-state index contributed by atoms with van der Waals surface area (Å²) >= 11 is 0. The molecule has 0 radical (unpaired) electrons. The van der Waals surface area contributed by atoms with Gasteiger partial charge in [0.15, 0.2) is 5.96 Å². The maximum absolute atomic E-state index is 10.3. The van der Waals surface area contributed by atoms with E-state index in [1.807, 2.05) is 6.92 Å². The molecule has 2 rings (SSSR count). The van der Waals surface area contributed by atoms with Crippen molar-refractivity contribution in [3.63, 3.8) is 0 Å². The number of aliphatic imine (C=N–C) groups is 1. The zero-order valence-corrected chi connectivity index (χ0v) is 19.1. The van der Waals surface area contributed by atoms with Gasteiger partial charge in [-0.25, -0.2) is 9.98 Å². The van der Waals surface area contributed by atoms with Gasteiger partial charge in [0, 0.05) is 23.9 Å². The lowest BCUT2D eigenvalue weighted by atomic mass is 9.73. The third-order valence-electron chi connectivity index (χ3n) is 4.95. The monoisotopic (exact) mass is 478 g/mol. The summed E-state index contributed by atoms with van der Waals surface area (Å²) in [4.78, 5) is 8.90. The van der Waals surface area contributed by atoms with Crippen LogP contribution in [-0.2, 0) is 12.0 Å². The normalized spacial score (nSPS) is 24.1. The summed E-state index contributed by atoms with van der Waals surface area (Å²) < 4.78 is 5.79. The molecule has 0 aromatic carbocycles. The fourth-order valence-corrected chi connectivity index (χ4v) is 3.09. The van der Waals surface area contributed by atoms with Gasteiger partial charge in [-0.05, 0) is 19.8 Å². The second kappa shape index (κ2) is 9.92. The topological polar surface area (TPSA) is 82.7 Å². The second-order valence-electron chi connectivity index (χ2n) is 8.33. The van der Waals surface area contributed by atoms with Crippen molar-refractivity contribution in [1.29, 1.82) is 0 Å². The molecule has 7 heteroatoms. The molecule has 26 heavy (non-hydrogen) atoms. The predicted molar refractivity (Wildman–Crippen MR) is 116 cm³/mol. The molecule has 1 aliphatic carbocycles. The number of nitrogens with zero attached hydrogens (tertiary/aromatic N) is 2. The summed E-state index contributed by atoms with van der Waals surface area (Å²) in [6.07, 6.45) is 5.75. The maximum Gasteiger partial charge on any atom is 0.216 e. The number of aromatic nitrogens is 1. The molecule has 0 bridgehead atoms. The number of oxazole rings is 1. The first-order valence-electron chi connectivity index (χ1n) is 9.40. The Kier molecular flexibility index (Phi) is 8.85. The van der Waals surface area contributed by atoms with Gasteiger partial charge in [0.1, 0.15) is 12.3 Å².